The van der Waals surface area contributed by atoms with Gasteiger partial charge in [0.1, 0.15) is 5.75 Å². The van der Waals surface area contributed by atoms with E-state index in [1.165, 1.54) is 32.4 Å². The molecular formula is C19H24N2O6S. The van der Waals surface area contributed by atoms with E-state index in [0.717, 1.165) is 5.56 Å². The standard InChI is InChI=1S/C19H24N2O6S/c1-25-16-7-5-4-6-14(16)13-20-19(22)10-11-21-28(23,24)15-8-9-17(26-2)18(12-15)27-3/h4-9,12,21H,10-11,13H2,1-3H3,(H,20,22). The van der Waals surface area contributed by atoms with Crippen LogP contribution in [0.1, 0.15) is 12.0 Å². The smallest absolute Gasteiger partial charge is 0.240 e. The van der Waals surface area contributed by atoms with E-state index in [1.807, 2.05) is 18.2 Å². The summed E-state index contributed by atoms with van der Waals surface area (Å²) in [7, 11) is 0.673. The fraction of sp³-hybridized carbons (Fsp3) is 0.316. The van der Waals surface area contributed by atoms with Gasteiger partial charge in [0.2, 0.25) is 15.9 Å². The zero-order chi connectivity index (χ0) is 20.6. The molecule has 2 N–H and O–H groups in total. The van der Waals surface area contributed by atoms with Gasteiger partial charge < -0.3 is 19.5 Å². The van der Waals surface area contributed by atoms with Crippen molar-refractivity contribution in [3.63, 3.8) is 0 Å². The zero-order valence-electron chi connectivity index (χ0n) is 16.0. The van der Waals surface area contributed by atoms with Gasteiger partial charge in [0.15, 0.2) is 11.5 Å². The van der Waals surface area contributed by atoms with Crippen LogP contribution in [-0.2, 0) is 21.4 Å². The van der Waals surface area contributed by atoms with Crippen LogP contribution in [0.15, 0.2) is 47.4 Å². The molecule has 0 saturated carbocycles. The predicted octanol–water partition coefficient (Wildman–Crippen LogP) is 1.70. The Balaban J connectivity index is 1.88. The van der Waals surface area contributed by atoms with Crippen molar-refractivity contribution < 1.29 is 27.4 Å². The van der Waals surface area contributed by atoms with Crippen LogP contribution in [0, 0.1) is 0 Å². The quantitative estimate of drug-likeness (QED) is 0.620. The van der Waals surface area contributed by atoms with Gasteiger partial charge in [-0.05, 0) is 18.2 Å². The molecule has 0 atom stereocenters. The Labute approximate surface area is 164 Å². The van der Waals surface area contributed by atoms with E-state index in [9.17, 15) is 13.2 Å². The molecule has 0 aliphatic rings. The minimum Gasteiger partial charge on any atom is -0.496 e. The van der Waals surface area contributed by atoms with Crippen LogP contribution in [0.25, 0.3) is 0 Å². The Bertz CT molecular complexity index is 914. The van der Waals surface area contributed by atoms with E-state index in [2.05, 4.69) is 10.0 Å². The lowest BCUT2D eigenvalue weighted by atomic mass is 10.2. The third-order valence-electron chi connectivity index (χ3n) is 3.98. The molecule has 0 fully saturated rings. The van der Waals surface area contributed by atoms with Crippen molar-refractivity contribution in [2.24, 2.45) is 0 Å². The molecule has 0 unspecified atom stereocenters. The summed E-state index contributed by atoms with van der Waals surface area (Å²) in [4.78, 5) is 12.0. The number of hydrogen-bond donors (Lipinski definition) is 2. The second kappa shape index (κ2) is 9.95. The second-order valence-corrected chi connectivity index (χ2v) is 7.52. The number of benzene rings is 2. The van der Waals surface area contributed by atoms with Crippen molar-refractivity contribution >= 4 is 15.9 Å². The predicted molar refractivity (Wildman–Crippen MR) is 104 cm³/mol. The van der Waals surface area contributed by atoms with Gasteiger partial charge in [0.05, 0.1) is 26.2 Å². The number of sulfonamides is 1. The number of carbonyl (C=O) groups excluding carboxylic acids is 1. The summed E-state index contributed by atoms with van der Waals surface area (Å²) in [6, 6.07) is 11.6. The topological polar surface area (TPSA) is 103 Å². The zero-order valence-corrected chi connectivity index (χ0v) is 16.8. The molecule has 2 aromatic rings. The lowest BCUT2D eigenvalue weighted by molar-refractivity contribution is -0.121. The molecule has 0 aromatic heterocycles. The molecule has 0 radical (unpaired) electrons. The van der Waals surface area contributed by atoms with Crippen molar-refractivity contribution in [2.45, 2.75) is 17.9 Å². The van der Waals surface area contributed by atoms with Crippen molar-refractivity contribution in [1.82, 2.24) is 10.0 Å². The molecule has 0 saturated heterocycles. The van der Waals surface area contributed by atoms with Gasteiger partial charge in [-0.2, -0.15) is 0 Å². The average molecular weight is 408 g/mol. The number of nitrogens with one attached hydrogen (secondary N) is 2. The fourth-order valence-corrected chi connectivity index (χ4v) is 3.54. The van der Waals surface area contributed by atoms with Gasteiger partial charge in [0.25, 0.3) is 0 Å². The van der Waals surface area contributed by atoms with E-state index in [4.69, 9.17) is 14.2 Å². The van der Waals surface area contributed by atoms with Gasteiger partial charge >= 0.3 is 0 Å². The summed E-state index contributed by atoms with van der Waals surface area (Å²) in [5, 5.41) is 2.74. The van der Waals surface area contributed by atoms with Crippen molar-refractivity contribution in [1.29, 1.82) is 0 Å². The highest BCUT2D eigenvalue weighted by Crippen LogP contribution is 2.29. The van der Waals surface area contributed by atoms with E-state index < -0.39 is 10.0 Å². The first-order chi connectivity index (χ1) is 13.4. The molecule has 152 valence electrons. The van der Waals surface area contributed by atoms with E-state index in [1.54, 1.807) is 13.2 Å². The number of amides is 1. The summed E-state index contributed by atoms with van der Waals surface area (Å²) in [5.41, 5.74) is 0.837. The monoisotopic (exact) mass is 408 g/mol. The Hall–Kier alpha value is -2.78. The van der Waals surface area contributed by atoms with Crippen molar-refractivity contribution in [3.05, 3.63) is 48.0 Å². The van der Waals surface area contributed by atoms with Gasteiger partial charge in [-0.3, -0.25) is 4.79 Å². The number of methoxy groups -OCH3 is 3. The van der Waals surface area contributed by atoms with Crippen LogP contribution in [0.2, 0.25) is 0 Å². The summed E-state index contributed by atoms with van der Waals surface area (Å²) in [6.45, 7) is 0.264. The molecular weight excluding hydrogens is 384 g/mol. The number of carbonyl (C=O) groups is 1. The summed E-state index contributed by atoms with van der Waals surface area (Å²) in [6.07, 6.45) is 0.00166. The molecule has 28 heavy (non-hydrogen) atoms. The molecule has 0 aliphatic heterocycles. The number of ether oxygens (including phenoxy) is 3. The third-order valence-corrected chi connectivity index (χ3v) is 5.44. The maximum Gasteiger partial charge on any atom is 0.240 e. The van der Waals surface area contributed by atoms with Crippen LogP contribution >= 0.6 is 0 Å². The summed E-state index contributed by atoms with van der Waals surface area (Å²) in [5.74, 6) is 1.13. The molecule has 9 heteroatoms. The number of hydrogen-bond acceptors (Lipinski definition) is 6. The van der Waals surface area contributed by atoms with E-state index in [0.29, 0.717) is 23.8 Å². The molecule has 1 amide bonds. The van der Waals surface area contributed by atoms with Crippen LogP contribution in [0.5, 0.6) is 17.2 Å². The first kappa shape index (κ1) is 21.5. The maximum atomic E-state index is 12.4. The van der Waals surface area contributed by atoms with Gasteiger partial charge in [-0.1, -0.05) is 18.2 Å². The molecule has 2 aromatic carbocycles. The summed E-state index contributed by atoms with van der Waals surface area (Å²) < 4.78 is 42.6. The minimum absolute atomic E-state index is 0.00166. The Morgan fingerprint density at radius 2 is 1.61 bits per heavy atom. The van der Waals surface area contributed by atoms with Crippen LogP contribution in [0.3, 0.4) is 0 Å². The average Bonchev–Trinajstić information content (AvgIpc) is 2.71. The van der Waals surface area contributed by atoms with Crippen LogP contribution in [0.4, 0.5) is 0 Å². The van der Waals surface area contributed by atoms with Gasteiger partial charge in [-0.15, -0.1) is 0 Å². The number of para-hydroxylation sites is 1. The lowest BCUT2D eigenvalue weighted by Crippen LogP contribution is -2.30. The van der Waals surface area contributed by atoms with Crippen LogP contribution in [-0.4, -0.2) is 42.2 Å². The molecule has 0 heterocycles. The first-order valence-electron chi connectivity index (χ1n) is 8.51. The fourth-order valence-electron chi connectivity index (χ4n) is 2.50. The van der Waals surface area contributed by atoms with E-state index in [-0.39, 0.29) is 23.8 Å². The maximum absolute atomic E-state index is 12.4. The van der Waals surface area contributed by atoms with Gasteiger partial charge in [0, 0.05) is 31.1 Å². The molecule has 0 spiro atoms. The number of rotatable bonds is 10. The van der Waals surface area contributed by atoms with E-state index >= 15 is 0 Å². The SMILES string of the molecule is COc1ccccc1CNC(=O)CCNS(=O)(=O)c1ccc(OC)c(OC)c1. The summed E-state index contributed by atoms with van der Waals surface area (Å²) >= 11 is 0. The highest BCUT2D eigenvalue weighted by atomic mass is 32.2. The molecule has 8 nitrogen and oxygen atoms in total. The lowest BCUT2D eigenvalue weighted by Gasteiger charge is -2.11. The molecule has 0 bridgehead atoms. The highest BCUT2D eigenvalue weighted by Gasteiger charge is 2.17. The Morgan fingerprint density at radius 3 is 2.29 bits per heavy atom. The molecule has 2 rings (SSSR count). The Kier molecular flexibility index (Phi) is 7.65. The minimum atomic E-state index is -3.78. The van der Waals surface area contributed by atoms with Crippen molar-refractivity contribution in [3.8, 4) is 17.2 Å². The van der Waals surface area contributed by atoms with Crippen LogP contribution < -0.4 is 24.2 Å². The van der Waals surface area contributed by atoms with Crippen molar-refractivity contribution in [2.75, 3.05) is 27.9 Å². The second-order valence-electron chi connectivity index (χ2n) is 5.75. The Morgan fingerprint density at radius 1 is 0.929 bits per heavy atom. The highest BCUT2D eigenvalue weighted by molar-refractivity contribution is 7.89. The van der Waals surface area contributed by atoms with Gasteiger partial charge in [-0.25, -0.2) is 13.1 Å². The first-order valence-corrected chi connectivity index (χ1v) is 10.00. The normalized spacial score (nSPS) is 11.0. The molecule has 0 aliphatic carbocycles. The third kappa shape index (κ3) is 5.61. The largest absolute Gasteiger partial charge is 0.496 e.